The van der Waals surface area contributed by atoms with Gasteiger partial charge in [0.2, 0.25) is 0 Å². The van der Waals surface area contributed by atoms with Crippen LogP contribution in [-0.4, -0.2) is 29.3 Å². The van der Waals surface area contributed by atoms with Gasteiger partial charge in [-0.2, -0.15) is 0 Å². The molecule has 0 aliphatic carbocycles. The summed E-state index contributed by atoms with van der Waals surface area (Å²) in [6, 6.07) is 1.72. The van der Waals surface area contributed by atoms with Crippen molar-refractivity contribution in [2.45, 2.75) is 6.04 Å². The minimum absolute atomic E-state index is 0.0113. The number of aromatic nitrogens is 1. The van der Waals surface area contributed by atoms with E-state index >= 15 is 0 Å². The predicted octanol–water partition coefficient (Wildman–Crippen LogP) is -0.254. The van der Waals surface area contributed by atoms with Crippen LogP contribution in [-0.2, 0) is 0 Å². The lowest BCUT2D eigenvalue weighted by Crippen LogP contribution is -2.32. The Morgan fingerprint density at radius 1 is 1.73 bits per heavy atom. The van der Waals surface area contributed by atoms with E-state index in [2.05, 4.69) is 10.3 Å². The number of H-pyrrole nitrogens is 1. The molecule has 0 bridgehead atoms. The molecular weight excluding hydrogens is 142 g/mol. The Labute approximate surface area is 65.4 Å². The Morgan fingerprint density at radius 2 is 2.55 bits per heavy atom. The van der Waals surface area contributed by atoms with E-state index in [1.807, 2.05) is 18.5 Å². The summed E-state index contributed by atoms with van der Waals surface area (Å²) in [7, 11) is 0. The van der Waals surface area contributed by atoms with Crippen LogP contribution in [0.25, 0.3) is 0 Å². The van der Waals surface area contributed by atoms with Crippen molar-refractivity contribution in [3.8, 4) is 0 Å². The molecule has 0 amide bonds. The summed E-state index contributed by atoms with van der Waals surface area (Å²) in [5.41, 5.74) is 6.46. The summed E-state index contributed by atoms with van der Waals surface area (Å²) < 4.78 is 0. The van der Waals surface area contributed by atoms with E-state index < -0.39 is 0 Å². The SMILES string of the molecule is NC(CO)CNc1cc[nH]c1. The van der Waals surface area contributed by atoms with Gasteiger partial charge in [-0.05, 0) is 6.07 Å². The van der Waals surface area contributed by atoms with E-state index in [4.69, 9.17) is 10.8 Å². The maximum Gasteiger partial charge on any atom is 0.0599 e. The Hall–Kier alpha value is -1.00. The molecule has 4 heteroatoms. The highest BCUT2D eigenvalue weighted by Crippen LogP contribution is 2.02. The van der Waals surface area contributed by atoms with Gasteiger partial charge in [-0.3, -0.25) is 0 Å². The molecule has 0 radical (unpaired) electrons. The Morgan fingerprint density at radius 3 is 3.09 bits per heavy atom. The highest BCUT2D eigenvalue weighted by atomic mass is 16.3. The standard InChI is InChI=1S/C7H13N3O/c8-6(5-11)3-10-7-1-2-9-4-7/h1-2,4,6,9-11H,3,5,8H2. The van der Waals surface area contributed by atoms with Gasteiger partial charge in [0, 0.05) is 25.0 Å². The third kappa shape index (κ3) is 2.61. The van der Waals surface area contributed by atoms with Gasteiger partial charge in [-0.15, -0.1) is 0 Å². The second-order valence-electron chi connectivity index (χ2n) is 2.42. The number of aromatic amines is 1. The van der Waals surface area contributed by atoms with Crippen molar-refractivity contribution < 1.29 is 5.11 Å². The van der Waals surface area contributed by atoms with Gasteiger partial charge in [0.25, 0.3) is 0 Å². The first-order valence-electron chi connectivity index (χ1n) is 3.56. The van der Waals surface area contributed by atoms with E-state index in [9.17, 15) is 0 Å². The topological polar surface area (TPSA) is 74.1 Å². The van der Waals surface area contributed by atoms with Crippen molar-refractivity contribution in [2.24, 2.45) is 5.73 Å². The fourth-order valence-corrected chi connectivity index (χ4v) is 0.747. The zero-order valence-corrected chi connectivity index (χ0v) is 6.25. The normalized spacial score (nSPS) is 12.9. The molecular formula is C7H13N3O. The number of aliphatic hydroxyl groups excluding tert-OH is 1. The fraction of sp³-hybridized carbons (Fsp3) is 0.429. The molecule has 0 fully saturated rings. The second kappa shape index (κ2) is 4.00. The van der Waals surface area contributed by atoms with Crippen LogP contribution in [0.1, 0.15) is 0 Å². The summed E-state index contributed by atoms with van der Waals surface area (Å²) in [6.07, 6.45) is 3.66. The molecule has 0 aromatic carbocycles. The van der Waals surface area contributed by atoms with Crippen molar-refractivity contribution in [2.75, 3.05) is 18.5 Å². The molecule has 1 aromatic heterocycles. The van der Waals surface area contributed by atoms with Crippen LogP contribution in [0.3, 0.4) is 0 Å². The lowest BCUT2D eigenvalue weighted by atomic mass is 10.3. The molecule has 5 N–H and O–H groups in total. The van der Waals surface area contributed by atoms with Crippen molar-refractivity contribution in [3.05, 3.63) is 18.5 Å². The maximum absolute atomic E-state index is 8.59. The summed E-state index contributed by atoms with van der Waals surface area (Å²) in [6.45, 7) is 0.603. The van der Waals surface area contributed by atoms with Gasteiger partial charge in [-0.25, -0.2) is 0 Å². The second-order valence-corrected chi connectivity index (χ2v) is 2.42. The molecule has 0 saturated heterocycles. The summed E-state index contributed by atoms with van der Waals surface area (Å²) >= 11 is 0. The number of anilines is 1. The van der Waals surface area contributed by atoms with E-state index in [1.165, 1.54) is 0 Å². The van der Waals surface area contributed by atoms with Gasteiger partial charge in [0.15, 0.2) is 0 Å². The van der Waals surface area contributed by atoms with E-state index in [0.717, 1.165) is 5.69 Å². The first-order valence-corrected chi connectivity index (χ1v) is 3.56. The highest BCUT2D eigenvalue weighted by Gasteiger charge is 1.98. The van der Waals surface area contributed by atoms with Crippen LogP contribution < -0.4 is 11.1 Å². The minimum Gasteiger partial charge on any atom is -0.395 e. The number of rotatable bonds is 4. The number of aliphatic hydroxyl groups is 1. The van der Waals surface area contributed by atoms with Crippen molar-refractivity contribution in [1.82, 2.24) is 4.98 Å². The molecule has 1 atom stereocenters. The van der Waals surface area contributed by atoms with Crippen molar-refractivity contribution in [3.63, 3.8) is 0 Å². The molecule has 0 aliphatic heterocycles. The molecule has 1 unspecified atom stereocenters. The van der Waals surface area contributed by atoms with Gasteiger partial charge >= 0.3 is 0 Å². The molecule has 1 heterocycles. The number of nitrogens with two attached hydrogens (primary N) is 1. The van der Waals surface area contributed by atoms with E-state index in [-0.39, 0.29) is 12.6 Å². The molecule has 0 saturated carbocycles. The molecule has 4 nitrogen and oxygen atoms in total. The quantitative estimate of drug-likeness (QED) is 0.484. The smallest absolute Gasteiger partial charge is 0.0599 e. The third-order valence-electron chi connectivity index (χ3n) is 1.40. The molecule has 0 spiro atoms. The summed E-state index contributed by atoms with van der Waals surface area (Å²) in [5.74, 6) is 0. The van der Waals surface area contributed by atoms with E-state index in [0.29, 0.717) is 6.54 Å². The first-order chi connectivity index (χ1) is 5.33. The van der Waals surface area contributed by atoms with Gasteiger partial charge in [0.1, 0.15) is 0 Å². The van der Waals surface area contributed by atoms with Crippen molar-refractivity contribution >= 4 is 5.69 Å². The number of hydrogen-bond donors (Lipinski definition) is 4. The largest absolute Gasteiger partial charge is 0.395 e. The van der Waals surface area contributed by atoms with Crippen LogP contribution in [0.15, 0.2) is 18.5 Å². The molecule has 1 aromatic rings. The monoisotopic (exact) mass is 155 g/mol. The van der Waals surface area contributed by atoms with Crippen molar-refractivity contribution in [1.29, 1.82) is 0 Å². The summed E-state index contributed by atoms with van der Waals surface area (Å²) in [5, 5.41) is 11.6. The minimum atomic E-state index is -0.190. The Bertz CT molecular complexity index is 186. The van der Waals surface area contributed by atoms with Crippen LogP contribution in [0.4, 0.5) is 5.69 Å². The lowest BCUT2D eigenvalue weighted by molar-refractivity contribution is 0.270. The average Bonchev–Trinajstić information content (AvgIpc) is 2.52. The zero-order chi connectivity index (χ0) is 8.10. The summed E-state index contributed by atoms with van der Waals surface area (Å²) in [4.78, 5) is 2.91. The Balaban J connectivity index is 2.23. The van der Waals surface area contributed by atoms with Crippen LogP contribution in [0.5, 0.6) is 0 Å². The van der Waals surface area contributed by atoms with Gasteiger partial charge in [0.05, 0.1) is 12.3 Å². The fourth-order valence-electron chi connectivity index (χ4n) is 0.747. The zero-order valence-electron chi connectivity index (χ0n) is 6.25. The lowest BCUT2D eigenvalue weighted by Gasteiger charge is -2.08. The molecule has 1 rings (SSSR count). The Kier molecular flexibility index (Phi) is 2.95. The molecule has 0 aliphatic rings. The molecule has 11 heavy (non-hydrogen) atoms. The maximum atomic E-state index is 8.59. The number of hydrogen-bond acceptors (Lipinski definition) is 3. The predicted molar refractivity (Wildman–Crippen MR) is 44.3 cm³/mol. The van der Waals surface area contributed by atoms with Gasteiger partial charge < -0.3 is 21.1 Å². The number of nitrogens with one attached hydrogen (secondary N) is 2. The van der Waals surface area contributed by atoms with Gasteiger partial charge in [-0.1, -0.05) is 0 Å². The first kappa shape index (κ1) is 8.10. The highest BCUT2D eigenvalue weighted by molar-refractivity contribution is 5.40. The van der Waals surface area contributed by atoms with Crippen LogP contribution in [0, 0.1) is 0 Å². The van der Waals surface area contributed by atoms with E-state index in [1.54, 1.807) is 0 Å². The third-order valence-corrected chi connectivity index (χ3v) is 1.40. The van der Waals surface area contributed by atoms with Crippen LogP contribution >= 0.6 is 0 Å². The molecule has 62 valence electrons. The average molecular weight is 155 g/mol. The van der Waals surface area contributed by atoms with Crippen LogP contribution in [0.2, 0.25) is 0 Å².